The van der Waals surface area contributed by atoms with Gasteiger partial charge >= 0.3 is 0 Å². The lowest BCUT2D eigenvalue weighted by Gasteiger charge is -2.15. The number of rotatable bonds is 5. The summed E-state index contributed by atoms with van der Waals surface area (Å²) in [5, 5.41) is 2.90. The minimum Gasteiger partial charge on any atom is -0.481 e. The van der Waals surface area contributed by atoms with Gasteiger partial charge in [-0.1, -0.05) is 35.9 Å². The molecule has 2 aromatic carbocycles. The van der Waals surface area contributed by atoms with Crippen LogP contribution in [0.1, 0.15) is 29.2 Å². The Morgan fingerprint density at radius 3 is 2.36 bits per heavy atom. The largest absolute Gasteiger partial charge is 0.481 e. The van der Waals surface area contributed by atoms with Crippen molar-refractivity contribution in [3.8, 4) is 5.75 Å². The average molecular weight is 297 g/mol. The lowest BCUT2D eigenvalue weighted by atomic mass is 10.1. The summed E-state index contributed by atoms with van der Waals surface area (Å²) >= 11 is 0. The first-order valence-electron chi connectivity index (χ1n) is 7.53. The van der Waals surface area contributed by atoms with Crippen molar-refractivity contribution in [2.45, 2.75) is 40.3 Å². The van der Waals surface area contributed by atoms with Crippen LogP contribution >= 0.6 is 0 Å². The zero-order chi connectivity index (χ0) is 16.1. The molecule has 0 radical (unpaired) electrons. The van der Waals surface area contributed by atoms with E-state index in [-0.39, 0.29) is 5.91 Å². The molecule has 0 saturated heterocycles. The summed E-state index contributed by atoms with van der Waals surface area (Å²) in [5.74, 6) is 0.611. The average Bonchev–Trinajstić information content (AvgIpc) is 2.50. The molecule has 1 N–H and O–H groups in total. The fourth-order valence-corrected chi connectivity index (χ4v) is 2.08. The van der Waals surface area contributed by atoms with Gasteiger partial charge in [0, 0.05) is 6.54 Å². The van der Waals surface area contributed by atoms with E-state index < -0.39 is 6.10 Å². The molecule has 0 fully saturated rings. The van der Waals surface area contributed by atoms with Gasteiger partial charge in [0.05, 0.1) is 0 Å². The summed E-state index contributed by atoms with van der Waals surface area (Å²) in [5.41, 5.74) is 4.66. The number of ether oxygens (including phenoxy) is 1. The minimum absolute atomic E-state index is 0.112. The number of amides is 1. The van der Waals surface area contributed by atoms with E-state index in [0.29, 0.717) is 6.54 Å². The molecule has 1 amide bonds. The molecular formula is C19H23NO2. The minimum atomic E-state index is -0.521. The van der Waals surface area contributed by atoms with Crippen molar-refractivity contribution in [2.24, 2.45) is 0 Å². The van der Waals surface area contributed by atoms with Crippen molar-refractivity contribution in [3.05, 3.63) is 64.7 Å². The highest BCUT2D eigenvalue weighted by atomic mass is 16.5. The molecule has 3 heteroatoms. The van der Waals surface area contributed by atoms with Crippen molar-refractivity contribution < 1.29 is 9.53 Å². The number of nitrogens with one attached hydrogen (secondary N) is 1. The van der Waals surface area contributed by atoms with Crippen LogP contribution in [-0.4, -0.2) is 12.0 Å². The highest BCUT2D eigenvalue weighted by Gasteiger charge is 2.14. The Labute approximate surface area is 132 Å². The number of carbonyl (C=O) groups excluding carboxylic acids is 1. The normalized spacial score (nSPS) is 11.8. The number of benzene rings is 2. The lowest BCUT2D eigenvalue weighted by Crippen LogP contribution is -2.35. The lowest BCUT2D eigenvalue weighted by molar-refractivity contribution is -0.127. The Bertz CT molecular complexity index is 647. The molecule has 0 aliphatic carbocycles. The van der Waals surface area contributed by atoms with Crippen LogP contribution in [0.4, 0.5) is 0 Å². The summed E-state index contributed by atoms with van der Waals surface area (Å²) < 4.78 is 5.71. The third kappa shape index (κ3) is 4.35. The van der Waals surface area contributed by atoms with E-state index in [1.54, 1.807) is 6.92 Å². The van der Waals surface area contributed by atoms with Crippen LogP contribution in [-0.2, 0) is 11.3 Å². The van der Waals surface area contributed by atoms with Gasteiger partial charge in [0.1, 0.15) is 5.75 Å². The van der Waals surface area contributed by atoms with E-state index in [2.05, 4.69) is 12.2 Å². The van der Waals surface area contributed by atoms with Gasteiger partial charge < -0.3 is 10.1 Å². The molecule has 0 aliphatic rings. The Balaban J connectivity index is 1.88. The summed E-state index contributed by atoms with van der Waals surface area (Å²) in [7, 11) is 0. The summed E-state index contributed by atoms with van der Waals surface area (Å²) in [6.07, 6.45) is -0.521. The summed E-state index contributed by atoms with van der Waals surface area (Å²) in [4.78, 5) is 12.1. The Morgan fingerprint density at radius 1 is 1.05 bits per heavy atom. The fourth-order valence-electron chi connectivity index (χ4n) is 2.08. The predicted octanol–water partition coefficient (Wildman–Crippen LogP) is 3.70. The second-order valence-electron chi connectivity index (χ2n) is 5.71. The maximum atomic E-state index is 12.1. The maximum Gasteiger partial charge on any atom is 0.261 e. The maximum absolute atomic E-state index is 12.1. The van der Waals surface area contributed by atoms with Crippen molar-refractivity contribution in [1.82, 2.24) is 5.32 Å². The number of aryl methyl sites for hydroxylation is 3. The monoisotopic (exact) mass is 297 g/mol. The molecule has 0 aliphatic heterocycles. The third-order valence-corrected chi connectivity index (χ3v) is 3.75. The Kier molecular flexibility index (Phi) is 5.21. The van der Waals surface area contributed by atoms with Crippen molar-refractivity contribution in [2.75, 3.05) is 0 Å². The first-order chi connectivity index (χ1) is 10.5. The summed E-state index contributed by atoms with van der Waals surface area (Å²) in [6, 6.07) is 14.0. The van der Waals surface area contributed by atoms with Crippen LogP contribution < -0.4 is 10.1 Å². The van der Waals surface area contributed by atoms with Gasteiger partial charge in [-0.05, 0) is 56.5 Å². The van der Waals surface area contributed by atoms with Gasteiger partial charge in [-0.3, -0.25) is 4.79 Å². The first kappa shape index (κ1) is 16.1. The van der Waals surface area contributed by atoms with E-state index >= 15 is 0 Å². The molecule has 3 nitrogen and oxygen atoms in total. The molecule has 0 bridgehead atoms. The molecule has 0 spiro atoms. The van der Waals surface area contributed by atoms with Crippen LogP contribution in [0.15, 0.2) is 42.5 Å². The fraction of sp³-hybridized carbons (Fsp3) is 0.316. The van der Waals surface area contributed by atoms with Crippen molar-refractivity contribution in [1.29, 1.82) is 0 Å². The van der Waals surface area contributed by atoms with E-state index in [1.165, 1.54) is 11.1 Å². The zero-order valence-electron chi connectivity index (χ0n) is 13.6. The van der Waals surface area contributed by atoms with Gasteiger partial charge in [-0.25, -0.2) is 0 Å². The van der Waals surface area contributed by atoms with Crippen LogP contribution in [0.3, 0.4) is 0 Å². The molecule has 2 rings (SSSR count). The Morgan fingerprint density at radius 2 is 1.73 bits per heavy atom. The quantitative estimate of drug-likeness (QED) is 0.914. The molecular weight excluding hydrogens is 274 g/mol. The smallest absolute Gasteiger partial charge is 0.261 e. The van der Waals surface area contributed by atoms with Gasteiger partial charge in [-0.15, -0.1) is 0 Å². The molecule has 116 valence electrons. The second-order valence-corrected chi connectivity index (χ2v) is 5.71. The molecule has 0 saturated carbocycles. The van der Waals surface area contributed by atoms with E-state index in [0.717, 1.165) is 16.9 Å². The number of hydrogen-bond donors (Lipinski definition) is 1. The van der Waals surface area contributed by atoms with E-state index in [1.807, 2.05) is 56.3 Å². The molecule has 1 atom stereocenters. The first-order valence-corrected chi connectivity index (χ1v) is 7.53. The van der Waals surface area contributed by atoms with E-state index in [9.17, 15) is 4.79 Å². The summed E-state index contributed by atoms with van der Waals surface area (Å²) in [6.45, 7) is 8.41. The Hall–Kier alpha value is -2.29. The van der Waals surface area contributed by atoms with Gasteiger partial charge in [0.15, 0.2) is 6.10 Å². The van der Waals surface area contributed by atoms with E-state index in [4.69, 9.17) is 4.74 Å². The predicted molar refractivity (Wildman–Crippen MR) is 89.0 cm³/mol. The van der Waals surface area contributed by atoms with Crippen molar-refractivity contribution in [3.63, 3.8) is 0 Å². The zero-order valence-corrected chi connectivity index (χ0v) is 13.6. The van der Waals surface area contributed by atoms with Gasteiger partial charge in [0.25, 0.3) is 5.91 Å². The van der Waals surface area contributed by atoms with Crippen LogP contribution in [0.25, 0.3) is 0 Å². The molecule has 22 heavy (non-hydrogen) atoms. The van der Waals surface area contributed by atoms with Crippen LogP contribution in [0, 0.1) is 20.8 Å². The molecule has 0 aromatic heterocycles. The highest BCUT2D eigenvalue weighted by molar-refractivity contribution is 5.80. The number of hydrogen-bond acceptors (Lipinski definition) is 2. The molecule has 0 unspecified atom stereocenters. The highest BCUT2D eigenvalue weighted by Crippen LogP contribution is 2.17. The number of carbonyl (C=O) groups is 1. The van der Waals surface area contributed by atoms with Gasteiger partial charge in [-0.2, -0.15) is 0 Å². The standard InChI is InChI=1S/C19H23NO2/c1-13-5-8-17(9-6-13)12-20-19(21)16(4)22-18-10-7-14(2)15(3)11-18/h5-11,16H,12H2,1-4H3,(H,20,21)/t16-/m0/s1. The molecule has 0 heterocycles. The van der Waals surface area contributed by atoms with Crippen molar-refractivity contribution >= 4 is 5.91 Å². The van der Waals surface area contributed by atoms with Crippen LogP contribution in [0.2, 0.25) is 0 Å². The molecule has 2 aromatic rings. The van der Waals surface area contributed by atoms with Crippen LogP contribution in [0.5, 0.6) is 5.75 Å². The second kappa shape index (κ2) is 7.12. The van der Waals surface area contributed by atoms with Gasteiger partial charge in [0.2, 0.25) is 0 Å². The topological polar surface area (TPSA) is 38.3 Å². The third-order valence-electron chi connectivity index (χ3n) is 3.75. The SMILES string of the molecule is Cc1ccc(CNC(=O)[C@H](C)Oc2ccc(C)c(C)c2)cc1.